The van der Waals surface area contributed by atoms with E-state index in [1.807, 2.05) is 0 Å². The van der Waals surface area contributed by atoms with E-state index in [4.69, 9.17) is 16.3 Å². The van der Waals surface area contributed by atoms with Crippen molar-refractivity contribution < 1.29 is 13.5 Å². The van der Waals surface area contributed by atoms with Gasteiger partial charge in [0.1, 0.15) is 10.8 Å². The Labute approximate surface area is 107 Å². The van der Waals surface area contributed by atoms with Gasteiger partial charge in [-0.15, -0.1) is 0 Å². The van der Waals surface area contributed by atoms with Crippen molar-refractivity contribution in [2.75, 3.05) is 12.4 Å². The summed E-state index contributed by atoms with van der Waals surface area (Å²) >= 11 is 5.81. The lowest BCUT2D eigenvalue weighted by atomic mass is 10.3. The van der Waals surface area contributed by atoms with E-state index < -0.39 is 11.6 Å². The van der Waals surface area contributed by atoms with Crippen LogP contribution in [0.3, 0.4) is 0 Å². The smallest absolute Gasteiger partial charge is 0.243 e. The molecule has 1 heterocycles. The first-order valence-corrected chi connectivity index (χ1v) is 5.31. The minimum Gasteiger partial charge on any atom is -0.434 e. The van der Waals surface area contributed by atoms with Crippen molar-refractivity contribution in [1.82, 2.24) is 9.97 Å². The number of aromatic nitrogens is 2. The number of hydrogen-bond acceptors (Lipinski definition) is 4. The lowest BCUT2D eigenvalue weighted by Crippen LogP contribution is -1.99. The number of rotatable bonds is 3. The zero-order valence-corrected chi connectivity index (χ0v) is 10.0. The van der Waals surface area contributed by atoms with E-state index in [9.17, 15) is 8.78 Å². The van der Waals surface area contributed by atoms with Crippen LogP contribution in [0, 0.1) is 11.6 Å². The summed E-state index contributed by atoms with van der Waals surface area (Å²) in [7, 11) is 1.62. The van der Waals surface area contributed by atoms with Crippen LogP contribution in [0.4, 0.5) is 14.7 Å². The van der Waals surface area contributed by atoms with Gasteiger partial charge < -0.3 is 10.1 Å². The van der Waals surface area contributed by atoms with Gasteiger partial charge in [0, 0.05) is 13.1 Å². The molecule has 2 rings (SSSR count). The van der Waals surface area contributed by atoms with Gasteiger partial charge in [0.05, 0.1) is 6.20 Å². The topological polar surface area (TPSA) is 47.0 Å². The molecule has 0 fully saturated rings. The molecule has 1 aromatic carbocycles. The van der Waals surface area contributed by atoms with E-state index in [1.54, 1.807) is 7.05 Å². The van der Waals surface area contributed by atoms with Crippen LogP contribution in [0.5, 0.6) is 11.6 Å². The third-order valence-corrected chi connectivity index (χ3v) is 2.30. The second kappa shape index (κ2) is 5.14. The molecule has 0 bridgehead atoms. The number of anilines is 1. The maximum atomic E-state index is 13.4. The van der Waals surface area contributed by atoms with Gasteiger partial charge >= 0.3 is 0 Å². The van der Waals surface area contributed by atoms with Crippen LogP contribution in [0.25, 0.3) is 0 Å². The zero-order valence-electron chi connectivity index (χ0n) is 9.25. The summed E-state index contributed by atoms with van der Waals surface area (Å²) in [5, 5.41) is 2.81. The fraction of sp³-hybridized carbons (Fsp3) is 0.0909. The number of halogens is 3. The number of benzene rings is 1. The maximum Gasteiger partial charge on any atom is 0.243 e. The Bertz CT molecular complexity index is 580. The van der Waals surface area contributed by atoms with Crippen LogP contribution in [0.2, 0.25) is 5.02 Å². The Kier molecular flexibility index (Phi) is 3.57. The molecular weight excluding hydrogens is 264 g/mol. The van der Waals surface area contributed by atoms with Crippen molar-refractivity contribution in [3.63, 3.8) is 0 Å². The summed E-state index contributed by atoms with van der Waals surface area (Å²) in [5.41, 5.74) is 0. The summed E-state index contributed by atoms with van der Waals surface area (Å²) in [5.74, 6) is -1.43. The number of hydrogen-bond donors (Lipinski definition) is 1. The second-order valence-electron chi connectivity index (χ2n) is 3.27. The van der Waals surface area contributed by atoms with Crippen LogP contribution >= 0.6 is 11.6 Å². The SMILES string of the molecule is CNc1ncc(Cl)c(Oc2ccc(F)cc2F)n1. The third kappa shape index (κ3) is 2.65. The average molecular weight is 272 g/mol. The highest BCUT2D eigenvalue weighted by Crippen LogP contribution is 2.29. The number of nitrogens with zero attached hydrogens (tertiary/aromatic N) is 2. The molecule has 0 aliphatic carbocycles. The summed E-state index contributed by atoms with van der Waals surface area (Å²) < 4.78 is 31.3. The summed E-state index contributed by atoms with van der Waals surface area (Å²) in [6, 6.07) is 2.94. The van der Waals surface area contributed by atoms with Gasteiger partial charge in [-0.05, 0) is 12.1 Å². The Morgan fingerprint density at radius 3 is 2.78 bits per heavy atom. The van der Waals surface area contributed by atoms with Crippen LogP contribution in [-0.2, 0) is 0 Å². The first-order valence-electron chi connectivity index (χ1n) is 4.93. The predicted molar refractivity (Wildman–Crippen MR) is 63.0 cm³/mol. The van der Waals surface area contributed by atoms with E-state index in [-0.39, 0.29) is 22.6 Å². The summed E-state index contributed by atoms with van der Waals surface area (Å²) in [6.07, 6.45) is 1.32. The molecular formula is C11H8ClF2N3O. The molecule has 0 amide bonds. The minimum atomic E-state index is -0.837. The first kappa shape index (κ1) is 12.5. The van der Waals surface area contributed by atoms with Crippen molar-refractivity contribution in [3.8, 4) is 11.6 Å². The molecule has 0 aliphatic heterocycles. The Balaban J connectivity index is 2.33. The van der Waals surface area contributed by atoms with Gasteiger partial charge in [0.25, 0.3) is 0 Å². The fourth-order valence-electron chi connectivity index (χ4n) is 1.21. The van der Waals surface area contributed by atoms with E-state index in [0.717, 1.165) is 12.1 Å². The Morgan fingerprint density at radius 2 is 2.11 bits per heavy atom. The quantitative estimate of drug-likeness (QED) is 0.931. The Hall–Kier alpha value is -1.95. The van der Waals surface area contributed by atoms with Crippen molar-refractivity contribution >= 4 is 17.5 Å². The van der Waals surface area contributed by atoms with Gasteiger partial charge in [0.2, 0.25) is 11.8 Å². The third-order valence-electron chi connectivity index (χ3n) is 2.04. The molecule has 0 atom stereocenters. The molecule has 0 aliphatic rings. The molecule has 0 spiro atoms. The normalized spacial score (nSPS) is 10.2. The largest absolute Gasteiger partial charge is 0.434 e. The van der Waals surface area contributed by atoms with Gasteiger partial charge in [0.15, 0.2) is 11.6 Å². The zero-order chi connectivity index (χ0) is 13.1. The van der Waals surface area contributed by atoms with Crippen LogP contribution < -0.4 is 10.1 Å². The standard InChI is InChI=1S/C11H8ClF2N3O/c1-15-11-16-5-7(12)10(17-11)18-9-3-2-6(13)4-8(9)14/h2-5H,1H3,(H,15,16,17). The lowest BCUT2D eigenvalue weighted by molar-refractivity contribution is 0.423. The molecule has 0 radical (unpaired) electrons. The van der Waals surface area contributed by atoms with Crippen molar-refractivity contribution in [2.24, 2.45) is 0 Å². The molecule has 94 valence electrons. The lowest BCUT2D eigenvalue weighted by Gasteiger charge is -2.08. The molecule has 0 saturated heterocycles. The molecule has 4 nitrogen and oxygen atoms in total. The van der Waals surface area contributed by atoms with Gasteiger partial charge in [-0.3, -0.25) is 0 Å². The van der Waals surface area contributed by atoms with E-state index in [1.165, 1.54) is 6.20 Å². The fourth-order valence-corrected chi connectivity index (χ4v) is 1.34. The molecule has 7 heteroatoms. The van der Waals surface area contributed by atoms with Crippen molar-refractivity contribution in [1.29, 1.82) is 0 Å². The minimum absolute atomic E-state index is 0.0125. The molecule has 0 saturated carbocycles. The first-order chi connectivity index (χ1) is 8.60. The molecule has 1 N–H and O–H groups in total. The predicted octanol–water partition coefficient (Wildman–Crippen LogP) is 3.24. The highest BCUT2D eigenvalue weighted by Gasteiger charge is 2.11. The highest BCUT2D eigenvalue weighted by atomic mass is 35.5. The highest BCUT2D eigenvalue weighted by molar-refractivity contribution is 6.31. The van der Waals surface area contributed by atoms with Crippen LogP contribution in [-0.4, -0.2) is 17.0 Å². The van der Waals surface area contributed by atoms with Gasteiger partial charge in [-0.1, -0.05) is 11.6 Å². The molecule has 2 aromatic rings. The molecule has 18 heavy (non-hydrogen) atoms. The van der Waals surface area contributed by atoms with Gasteiger partial charge in [-0.25, -0.2) is 13.8 Å². The Morgan fingerprint density at radius 1 is 1.33 bits per heavy atom. The molecule has 0 unspecified atom stereocenters. The summed E-state index contributed by atoms with van der Waals surface area (Å²) in [4.78, 5) is 7.76. The van der Waals surface area contributed by atoms with Crippen molar-refractivity contribution in [2.45, 2.75) is 0 Å². The number of nitrogens with one attached hydrogen (secondary N) is 1. The van der Waals surface area contributed by atoms with E-state index in [0.29, 0.717) is 6.07 Å². The second-order valence-corrected chi connectivity index (χ2v) is 3.68. The van der Waals surface area contributed by atoms with E-state index >= 15 is 0 Å². The van der Waals surface area contributed by atoms with Gasteiger partial charge in [-0.2, -0.15) is 4.98 Å². The van der Waals surface area contributed by atoms with E-state index in [2.05, 4.69) is 15.3 Å². The monoisotopic (exact) mass is 271 g/mol. The van der Waals surface area contributed by atoms with Crippen molar-refractivity contribution in [3.05, 3.63) is 41.1 Å². The summed E-state index contributed by atoms with van der Waals surface area (Å²) in [6.45, 7) is 0. The molecule has 1 aromatic heterocycles. The number of ether oxygens (including phenoxy) is 1. The van der Waals surface area contributed by atoms with Crippen LogP contribution in [0.1, 0.15) is 0 Å². The van der Waals surface area contributed by atoms with Crippen LogP contribution in [0.15, 0.2) is 24.4 Å². The maximum absolute atomic E-state index is 13.4. The average Bonchev–Trinajstić information content (AvgIpc) is 2.35.